The van der Waals surface area contributed by atoms with Gasteiger partial charge in [-0.25, -0.2) is 4.98 Å². The molecule has 2 aromatic heterocycles. The maximum atomic E-state index is 11.7. The fraction of sp³-hybridized carbons (Fsp3) is 0.389. The lowest BCUT2D eigenvalue weighted by Gasteiger charge is -2.10. The van der Waals surface area contributed by atoms with Crippen molar-refractivity contribution >= 4 is 27.9 Å². The number of ether oxygens (including phenoxy) is 1. The lowest BCUT2D eigenvalue weighted by molar-refractivity contribution is -0.143. The first-order chi connectivity index (χ1) is 11.2. The highest BCUT2D eigenvalue weighted by Crippen LogP contribution is 2.25. The van der Waals surface area contributed by atoms with Gasteiger partial charge < -0.3 is 9.30 Å². The molecule has 3 rings (SSSR count). The van der Waals surface area contributed by atoms with Crippen LogP contribution in [0, 0.1) is 0 Å². The van der Waals surface area contributed by atoms with Crippen molar-refractivity contribution in [2.24, 2.45) is 0 Å². The average molecular weight is 311 g/mol. The second-order valence-electron chi connectivity index (χ2n) is 5.49. The lowest BCUT2D eigenvalue weighted by Crippen LogP contribution is -2.11. The molecule has 0 N–H and O–H groups in total. The fourth-order valence-corrected chi connectivity index (χ4v) is 2.90. The number of rotatable bonds is 6. The third kappa shape index (κ3) is 3.04. The molecule has 5 nitrogen and oxygen atoms in total. The summed E-state index contributed by atoms with van der Waals surface area (Å²) in [5, 5.41) is 1.07. The number of fused-ring (bicyclic) bond motifs is 3. The molecular formula is C18H21N3O2. The summed E-state index contributed by atoms with van der Waals surface area (Å²) in [7, 11) is 0. The molecule has 5 heteroatoms. The molecule has 0 aliphatic rings. The Labute approximate surface area is 135 Å². The number of carbonyl (C=O) groups excluding carboxylic acids is 1. The van der Waals surface area contributed by atoms with Gasteiger partial charge in [0, 0.05) is 18.4 Å². The number of esters is 1. The topological polar surface area (TPSA) is 57.0 Å². The molecule has 3 aromatic rings. The van der Waals surface area contributed by atoms with E-state index in [-0.39, 0.29) is 5.97 Å². The van der Waals surface area contributed by atoms with Gasteiger partial charge in [0.25, 0.3) is 0 Å². The van der Waals surface area contributed by atoms with E-state index in [4.69, 9.17) is 9.72 Å². The van der Waals surface area contributed by atoms with Gasteiger partial charge in [-0.3, -0.25) is 9.78 Å². The van der Waals surface area contributed by atoms with Crippen LogP contribution in [0.1, 0.15) is 32.5 Å². The zero-order valence-electron chi connectivity index (χ0n) is 13.6. The predicted octanol–water partition coefficient (Wildman–Crippen LogP) is 3.49. The van der Waals surface area contributed by atoms with E-state index in [1.54, 1.807) is 0 Å². The zero-order valence-corrected chi connectivity index (χ0v) is 13.6. The average Bonchev–Trinajstić information content (AvgIpc) is 2.91. The smallest absolute Gasteiger partial charge is 0.307 e. The van der Waals surface area contributed by atoms with Crippen LogP contribution >= 0.6 is 0 Å². The number of hydrogen-bond acceptors (Lipinski definition) is 4. The van der Waals surface area contributed by atoms with Gasteiger partial charge in [0.1, 0.15) is 11.3 Å². The number of benzene rings is 1. The summed E-state index contributed by atoms with van der Waals surface area (Å²) >= 11 is 0. The standard InChI is InChI=1S/C18H21N3O2/c1-3-7-16-20-15-12-19-14-9-6-5-8-13(14)18(15)21(16)11-10-17(22)23-4-2/h5-6,8-9,12H,3-4,7,10-11H2,1-2H3. The van der Waals surface area contributed by atoms with Gasteiger partial charge in [0.15, 0.2) is 0 Å². The number of nitrogens with zero attached hydrogens (tertiary/aromatic N) is 3. The van der Waals surface area contributed by atoms with Gasteiger partial charge in [-0.2, -0.15) is 0 Å². The Morgan fingerprint density at radius 3 is 2.83 bits per heavy atom. The Balaban J connectivity index is 2.09. The SMILES string of the molecule is CCCc1nc2cnc3ccccc3c2n1CCC(=O)OCC. The highest BCUT2D eigenvalue weighted by atomic mass is 16.5. The summed E-state index contributed by atoms with van der Waals surface area (Å²) in [6.45, 7) is 4.95. The van der Waals surface area contributed by atoms with E-state index < -0.39 is 0 Å². The maximum Gasteiger partial charge on any atom is 0.307 e. The van der Waals surface area contributed by atoms with Crippen molar-refractivity contribution in [1.82, 2.24) is 14.5 Å². The van der Waals surface area contributed by atoms with Crippen LogP contribution in [0.4, 0.5) is 0 Å². The van der Waals surface area contributed by atoms with Gasteiger partial charge in [-0.05, 0) is 19.4 Å². The van der Waals surface area contributed by atoms with Crippen molar-refractivity contribution in [3.8, 4) is 0 Å². The van der Waals surface area contributed by atoms with Gasteiger partial charge in [-0.15, -0.1) is 0 Å². The summed E-state index contributed by atoms with van der Waals surface area (Å²) in [5.74, 6) is 0.833. The molecule has 0 saturated heterocycles. The number of pyridine rings is 1. The molecular weight excluding hydrogens is 290 g/mol. The van der Waals surface area contributed by atoms with Gasteiger partial charge >= 0.3 is 5.97 Å². The molecule has 0 aliphatic heterocycles. The van der Waals surface area contributed by atoms with Crippen molar-refractivity contribution in [2.75, 3.05) is 6.61 Å². The van der Waals surface area contributed by atoms with E-state index in [2.05, 4.69) is 22.5 Å². The van der Waals surface area contributed by atoms with Crippen molar-refractivity contribution in [3.05, 3.63) is 36.3 Å². The highest BCUT2D eigenvalue weighted by molar-refractivity contribution is 6.02. The van der Waals surface area contributed by atoms with Gasteiger partial charge in [0.2, 0.25) is 0 Å². The minimum absolute atomic E-state index is 0.171. The van der Waals surface area contributed by atoms with Crippen molar-refractivity contribution in [2.45, 2.75) is 39.7 Å². The molecule has 0 spiro atoms. The van der Waals surface area contributed by atoms with Crippen molar-refractivity contribution < 1.29 is 9.53 Å². The van der Waals surface area contributed by atoms with E-state index in [0.29, 0.717) is 19.6 Å². The normalized spacial score (nSPS) is 11.2. The Morgan fingerprint density at radius 1 is 1.22 bits per heavy atom. The molecule has 0 radical (unpaired) electrons. The lowest BCUT2D eigenvalue weighted by atomic mass is 10.2. The van der Waals surface area contributed by atoms with E-state index in [9.17, 15) is 4.79 Å². The largest absolute Gasteiger partial charge is 0.466 e. The van der Waals surface area contributed by atoms with E-state index >= 15 is 0 Å². The maximum absolute atomic E-state index is 11.7. The monoisotopic (exact) mass is 311 g/mol. The molecule has 2 heterocycles. The second kappa shape index (κ2) is 6.77. The molecule has 0 atom stereocenters. The summed E-state index contributed by atoms with van der Waals surface area (Å²) < 4.78 is 7.21. The van der Waals surface area contributed by atoms with Gasteiger partial charge in [0.05, 0.1) is 30.3 Å². The first-order valence-electron chi connectivity index (χ1n) is 8.13. The van der Waals surface area contributed by atoms with Crippen molar-refractivity contribution in [3.63, 3.8) is 0 Å². The van der Waals surface area contributed by atoms with Gasteiger partial charge in [-0.1, -0.05) is 25.1 Å². The summed E-state index contributed by atoms with van der Waals surface area (Å²) in [5.41, 5.74) is 2.89. The molecule has 23 heavy (non-hydrogen) atoms. The Kier molecular flexibility index (Phi) is 4.55. The van der Waals surface area contributed by atoms with Crippen LogP contribution in [0.5, 0.6) is 0 Å². The highest BCUT2D eigenvalue weighted by Gasteiger charge is 2.15. The van der Waals surface area contributed by atoms with E-state index in [1.165, 1.54) is 0 Å². The Bertz CT molecular complexity index is 839. The number of para-hydroxylation sites is 1. The van der Waals surface area contributed by atoms with Crippen LogP contribution < -0.4 is 0 Å². The van der Waals surface area contributed by atoms with Crippen LogP contribution in [0.2, 0.25) is 0 Å². The zero-order chi connectivity index (χ0) is 16.2. The molecule has 0 bridgehead atoms. The first-order valence-corrected chi connectivity index (χ1v) is 8.13. The van der Waals surface area contributed by atoms with E-state index in [0.717, 1.165) is 40.6 Å². The van der Waals surface area contributed by atoms with E-state index in [1.807, 2.05) is 31.3 Å². The second-order valence-corrected chi connectivity index (χ2v) is 5.49. The quantitative estimate of drug-likeness (QED) is 0.654. The van der Waals surface area contributed by atoms with Crippen molar-refractivity contribution in [1.29, 1.82) is 0 Å². The summed E-state index contributed by atoms with van der Waals surface area (Å²) in [6.07, 6.45) is 4.06. The van der Waals surface area contributed by atoms with Crippen LogP contribution in [0.25, 0.3) is 21.9 Å². The van der Waals surface area contributed by atoms with Crippen LogP contribution in [-0.2, 0) is 22.5 Å². The molecule has 0 aliphatic carbocycles. The molecule has 0 fully saturated rings. The Hall–Kier alpha value is -2.43. The number of aromatic nitrogens is 3. The van der Waals surface area contributed by atoms with Crippen LogP contribution in [0.15, 0.2) is 30.5 Å². The third-order valence-corrected chi connectivity index (χ3v) is 3.88. The predicted molar refractivity (Wildman–Crippen MR) is 90.3 cm³/mol. The van der Waals surface area contributed by atoms with Crippen LogP contribution in [-0.4, -0.2) is 27.1 Å². The summed E-state index contributed by atoms with van der Waals surface area (Å²) in [6, 6.07) is 8.04. The molecule has 1 aromatic carbocycles. The number of carbonyl (C=O) groups is 1. The number of imidazole rings is 1. The molecule has 120 valence electrons. The Morgan fingerprint density at radius 2 is 2.04 bits per heavy atom. The fourth-order valence-electron chi connectivity index (χ4n) is 2.90. The van der Waals surface area contributed by atoms with Crippen LogP contribution in [0.3, 0.4) is 0 Å². The minimum Gasteiger partial charge on any atom is -0.466 e. The third-order valence-electron chi connectivity index (χ3n) is 3.88. The minimum atomic E-state index is -0.171. The number of aryl methyl sites for hydroxylation is 2. The molecule has 0 amide bonds. The molecule has 0 unspecified atom stereocenters. The molecule has 0 saturated carbocycles. The summed E-state index contributed by atoms with van der Waals surface area (Å²) in [4.78, 5) is 20.9. The first kappa shape index (κ1) is 15.5. The number of hydrogen-bond donors (Lipinski definition) is 0.